The van der Waals surface area contributed by atoms with Crippen molar-refractivity contribution >= 4 is 40.9 Å². The van der Waals surface area contributed by atoms with Gasteiger partial charge in [-0.3, -0.25) is 24.2 Å². The second-order valence-corrected chi connectivity index (χ2v) is 17.8. The van der Waals surface area contributed by atoms with Crippen molar-refractivity contribution in [1.82, 2.24) is 24.9 Å². The van der Waals surface area contributed by atoms with Crippen molar-refractivity contribution in [1.29, 1.82) is 0 Å². The number of hydrogen-bond acceptors (Lipinski definition) is 8. The lowest BCUT2D eigenvalue weighted by Gasteiger charge is -2.36. The highest BCUT2D eigenvalue weighted by Gasteiger charge is 2.29. The average Bonchev–Trinajstić information content (AvgIpc) is 3.42. The Bertz CT molecular complexity index is 2880. The fraction of sp³-hybridized carbons (Fsp3) is 0.268. The van der Waals surface area contributed by atoms with Crippen LogP contribution in [0.4, 0.5) is 38.5 Å². The molecule has 0 bridgehead atoms. The highest BCUT2D eigenvalue weighted by Crippen LogP contribution is 2.30. The van der Waals surface area contributed by atoms with E-state index in [1.54, 1.807) is 32.9 Å². The minimum atomic E-state index is -3.25. The molecule has 0 radical (unpaired) electrons. The molecule has 2 aliphatic heterocycles. The van der Waals surface area contributed by atoms with Crippen LogP contribution in [0.5, 0.6) is 0 Å². The number of anilines is 2. The molecule has 2 heterocycles. The predicted octanol–water partition coefficient (Wildman–Crippen LogP) is 8.44. The van der Waals surface area contributed by atoms with E-state index in [1.807, 2.05) is 123 Å². The van der Waals surface area contributed by atoms with Gasteiger partial charge in [-0.1, -0.05) is 109 Å². The van der Waals surface area contributed by atoms with Crippen molar-refractivity contribution in [2.75, 3.05) is 89.3 Å². The fourth-order valence-electron chi connectivity index (χ4n) is 8.35. The van der Waals surface area contributed by atoms with Gasteiger partial charge in [0.25, 0.3) is 5.91 Å². The van der Waals surface area contributed by atoms with Gasteiger partial charge in [-0.15, -0.1) is 0 Å². The summed E-state index contributed by atoms with van der Waals surface area (Å²) in [5.74, 6) is -3.87. The molecule has 0 aromatic heterocycles. The molecule has 73 heavy (non-hydrogen) atoms. The molecule has 8 rings (SSSR count). The van der Waals surface area contributed by atoms with E-state index in [-0.39, 0.29) is 54.2 Å². The number of urea groups is 2. The maximum Gasteiger partial charge on any atom is 0.324 e. The van der Waals surface area contributed by atoms with Crippen molar-refractivity contribution in [2.45, 2.75) is 19.5 Å². The molecule has 6 aromatic carbocycles. The number of Topliss-reactive ketones (excluding diaryl/α,β-unsaturated/α-hetero) is 2. The van der Waals surface area contributed by atoms with Gasteiger partial charge in [0, 0.05) is 86.0 Å². The lowest BCUT2D eigenvalue weighted by atomic mass is 10.0. The SMILES string of the molecule is CN1CCN(C(=O)N(Cc2ccc(C(=O)CN)cc2F)c2cccc(-c3ccccc3)c2)CC1.CN1CCN(C(=O)N(Cc2ccc(C(=O)CNC(=O)C(F)F)cc2F)c2cccc(-c3ccccc3)c2)CC1. The molecule has 0 unspecified atom stereocenters. The number of nitrogens with two attached hydrogens (primary N) is 1. The van der Waals surface area contributed by atoms with E-state index in [0.29, 0.717) is 43.1 Å². The van der Waals surface area contributed by atoms with Crippen LogP contribution < -0.4 is 20.9 Å². The first kappa shape index (κ1) is 53.1. The van der Waals surface area contributed by atoms with Crippen molar-refractivity contribution in [3.05, 3.63) is 179 Å². The quantitative estimate of drug-likeness (QED) is 0.0819. The fourth-order valence-corrected chi connectivity index (χ4v) is 8.35. The number of ketones is 2. The normalized spacial score (nSPS) is 14.0. The lowest BCUT2D eigenvalue weighted by molar-refractivity contribution is -0.131. The topological polar surface area (TPSA) is 143 Å². The van der Waals surface area contributed by atoms with Gasteiger partial charge in [0.1, 0.15) is 11.6 Å². The van der Waals surface area contributed by atoms with Crippen LogP contribution in [0.1, 0.15) is 31.8 Å². The summed E-state index contributed by atoms with van der Waals surface area (Å²) in [7, 11) is 4.02. The average molecular weight is 999 g/mol. The third kappa shape index (κ3) is 14.0. The highest BCUT2D eigenvalue weighted by atomic mass is 19.3. The molecule has 13 nitrogen and oxygen atoms in total. The number of carbonyl (C=O) groups excluding carboxylic acids is 5. The Morgan fingerprint density at radius 1 is 0.521 bits per heavy atom. The van der Waals surface area contributed by atoms with Crippen molar-refractivity contribution < 1.29 is 41.5 Å². The van der Waals surface area contributed by atoms with E-state index in [0.717, 1.165) is 54.5 Å². The summed E-state index contributed by atoms with van der Waals surface area (Å²) in [4.78, 5) is 73.5. The van der Waals surface area contributed by atoms with Crippen LogP contribution in [-0.2, 0) is 17.9 Å². The number of nitrogens with zero attached hydrogens (tertiary/aromatic N) is 6. The van der Waals surface area contributed by atoms with Crippen molar-refractivity contribution in [3.63, 3.8) is 0 Å². The summed E-state index contributed by atoms with van der Waals surface area (Å²) in [6.45, 7) is 4.39. The first-order valence-electron chi connectivity index (χ1n) is 23.9. The Labute approximate surface area is 422 Å². The molecular weight excluding hydrogens is 941 g/mol. The molecule has 0 saturated carbocycles. The molecule has 0 spiro atoms. The predicted molar refractivity (Wildman–Crippen MR) is 275 cm³/mol. The molecule has 0 atom stereocenters. The number of hydrogen-bond donors (Lipinski definition) is 2. The van der Waals surface area contributed by atoms with Crippen LogP contribution >= 0.6 is 0 Å². The summed E-state index contributed by atoms with van der Waals surface area (Å²) in [6.07, 6.45) is -3.25. The van der Waals surface area contributed by atoms with Crippen LogP contribution in [0, 0.1) is 11.6 Å². The summed E-state index contributed by atoms with van der Waals surface area (Å²) in [5.41, 5.74) is 11.2. The molecule has 6 aromatic rings. The van der Waals surface area contributed by atoms with Crippen LogP contribution in [0.25, 0.3) is 22.3 Å². The molecule has 2 aliphatic rings. The van der Waals surface area contributed by atoms with Crippen LogP contribution in [-0.4, -0.2) is 135 Å². The number of piperazine rings is 2. The summed E-state index contributed by atoms with van der Waals surface area (Å²) in [5, 5.41) is 1.82. The number of halogens is 4. The van der Waals surface area contributed by atoms with Gasteiger partial charge in [-0.25, -0.2) is 18.4 Å². The molecular formula is C56H58F4N8O5. The van der Waals surface area contributed by atoms with Gasteiger partial charge in [-0.05, 0) is 72.7 Å². The lowest BCUT2D eigenvalue weighted by Crippen LogP contribution is -2.52. The van der Waals surface area contributed by atoms with Crippen molar-refractivity contribution in [3.8, 4) is 22.3 Å². The summed E-state index contributed by atoms with van der Waals surface area (Å²) < 4.78 is 54.9. The van der Waals surface area contributed by atoms with Gasteiger partial charge >= 0.3 is 18.5 Å². The molecule has 5 amide bonds. The highest BCUT2D eigenvalue weighted by molar-refractivity contribution is 6.00. The number of rotatable bonds is 14. The van der Waals surface area contributed by atoms with Crippen molar-refractivity contribution in [2.24, 2.45) is 5.73 Å². The zero-order chi connectivity index (χ0) is 52.0. The Morgan fingerprint density at radius 3 is 1.30 bits per heavy atom. The molecule has 3 N–H and O–H groups in total. The van der Waals surface area contributed by atoms with Gasteiger partial charge in [0.2, 0.25) is 0 Å². The number of alkyl halides is 2. The molecule has 380 valence electrons. The zero-order valence-electron chi connectivity index (χ0n) is 40.7. The van der Waals surface area contributed by atoms with E-state index < -0.39 is 36.3 Å². The third-order valence-corrected chi connectivity index (χ3v) is 12.8. The number of carbonyl (C=O) groups is 5. The summed E-state index contributed by atoms with van der Waals surface area (Å²) >= 11 is 0. The Hall–Kier alpha value is -7.73. The summed E-state index contributed by atoms with van der Waals surface area (Å²) in [6, 6.07) is 42.4. The maximum atomic E-state index is 15.2. The van der Waals surface area contributed by atoms with E-state index in [1.165, 1.54) is 23.1 Å². The van der Waals surface area contributed by atoms with Crippen LogP contribution in [0.2, 0.25) is 0 Å². The number of amides is 5. The van der Waals surface area contributed by atoms with E-state index in [9.17, 15) is 37.1 Å². The molecule has 17 heteroatoms. The van der Waals surface area contributed by atoms with E-state index >= 15 is 4.39 Å². The molecule has 2 saturated heterocycles. The largest absolute Gasteiger partial charge is 0.344 e. The number of likely N-dealkylation sites (N-methyl/N-ethyl adjacent to an activating group) is 2. The third-order valence-electron chi connectivity index (χ3n) is 12.8. The standard InChI is InChI=1S/C29H29F3N4O3.C27H29FN4O2/c1-34-12-14-35(15-13-34)29(39)36(24-9-5-8-21(16-24)20-6-3-2-4-7-20)19-23-11-10-22(17-25(23)30)26(37)18-33-28(38)27(31)32;1-30-12-14-31(15-13-30)27(34)32(19-23-11-10-22(17-25(23)28)26(33)18-29)24-9-5-8-21(16-24)20-6-3-2-4-7-20/h2-11,16-17,27H,12-15,18-19H2,1H3,(H,33,38);2-11,16-17H,12-15,18-19,29H2,1H3. The van der Waals surface area contributed by atoms with Crippen LogP contribution in [0.15, 0.2) is 146 Å². The van der Waals surface area contributed by atoms with E-state index in [2.05, 4.69) is 9.80 Å². The van der Waals surface area contributed by atoms with Crippen LogP contribution in [0.3, 0.4) is 0 Å². The number of nitrogens with one attached hydrogen (secondary N) is 1. The Balaban J connectivity index is 0.000000216. The van der Waals surface area contributed by atoms with Gasteiger partial charge in [0.05, 0.1) is 26.2 Å². The van der Waals surface area contributed by atoms with Gasteiger partial charge in [-0.2, -0.15) is 8.78 Å². The molecule has 0 aliphatic carbocycles. The van der Waals surface area contributed by atoms with E-state index in [4.69, 9.17) is 5.73 Å². The monoisotopic (exact) mass is 998 g/mol. The Morgan fingerprint density at radius 2 is 0.918 bits per heavy atom. The van der Waals surface area contributed by atoms with Gasteiger partial charge in [0.15, 0.2) is 11.6 Å². The second kappa shape index (κ2) is 25.1. The smallest absolute Gasteiger partial charge is 0.324 e. The Kier molecular flexibility index (Phi) is 18.2. The zero-order valence-corrected chi connectivity index (χ0v) is 40.7. The minimum Gasteiger partial charge on any atom is -0.344 e. The minimum absolute atomic E-state index is 0.0480. The second-order valence-electron chi connectivity index (χ2n) is 17.8. The maximum absolute atomic E-state index is 15.2. The number of benzene rings is 6. The molecule has 2 fully saturated rings. The van der Waals surface area contributed by atoms with Gasteiger partial charge < -0.3 is 30.7 Å². The first-order chi connectivity index (χ1) is 35.2. The first-order valence-corrected chi connectivity index (χ1v) is 23.9.